The first-order valence-electron chi connectivity index (χ1n) is 10.0. The second-order valence-corrected chi connectivity index (χ2v) is 7.85. The number of aromatic nitrogens is 1. The lowest BCUT2D eigenvalue weighted by Gasteiger charge is -2.13. The summed E-state index contributed by atoms with van der Waals surface area (Å²) in [5.41, 5.74) is 8.21. The predicted octanol–water partition coefficient (Wildman–Crippen LogP) is 5.56. The van der Waals surface area contributed by atoms with Crippen molar-refractivity contribution in [1.82, 2.24) is 4.98 Å². The van der Waals surface area contributed by atoms with Crippen LogP contribution in [0.2, 0.25) is 0 Å². The number of nitrogens with one attached hydrogen (secondary N) is 2. The minimum atomic E-state index is -4.37. The zero-order valence-corrected chi connectivity index (χ0v) is 17.1. The maximum Gasteiger partial charge on any atom is 0.416 e. The third-order valence-electron chi connectivity index (χ3n) is 5.89. The van der Waals surface area contributed by atoms with Gasteiger partial charge in [0.2, 0.25) is 5.69 Å². The molecule has 0 atom stereocenters. The number of aryl methyl sites for hydroxylation is 2. The van der Waals surface area contributed by atoms with Crippen LogP contribution in [0.3, 0.4) is 0 Å². The zero-order valence-electron chi connectivity index (χ0n) is 17.1. The summed E-state index contributed by atoms with van der Waals surface area (Å²) < 4.78 is 39.5. The Balaban J connectivity index is 1.80. The van der Waals surface area contributed by atoms with Crippen molar-refractivity contribution in [3.63, 3.8) is 0 Å². The minimum Gasteiger partial charge on any atom is -0.360 e. The highest BCUT2D eigenvalue weighted by Crippen LogP contribution is 2.39. The Labute approximate surface area is 177 Å². The van der Waals surface area contributed by atoms with Crippen molar-refractivity contribution in [2.75, 3.05) is 0 Å². The quantitative estimate of drug-likeness (QED) is 0.428. The Bertz CT molecular complexity index is 1370. The fraction of sp³-hybridized carbons (Fsp3) is 0.115. The molecule has 2 heterocycles. The van der Waals surface area contributed by atoms with Crippen LogP contribution in [-0.2, 0) is 6.18 Å². The first-order valence-corrected chi connectivity index (χ1v) is 10.0. The highest BCUT2D eigenvalue weighted by Gasteiger charge is 2.31. The van der Waals surface area contributed by atoms with Gasteiger partial charge in [-0.05, 0) is 43.2 Å². The van der Waals surface area contributed by atoms with Crippen LogP contribution in [0.25, 0.3) is 22.0 Å². The summed E-state index contributed by atoms with van der Waals surface area (Å²) in [6, 6.07) is 17.6. The van der Waals surface area contributed by atoms with Gasteiger partial charge >= 0.3 is 6.18 Å². The number of rotatable bonds is 2. The lowest BCUT2D eigenvalue weighted by atomic mass is 9.89. The van der Waals surface area contributed by atoms with Crippen molar-refractivity contribution >= 4 is 34.0 Å². The second kappa shape index (κ2) is 6.98. The molecule has 0 bridgehead atoms. The summed E-state index contributed by atoms with van der Waals surface area (Å²) >= 11 is 0. The van der Waals surface area contributed by atoms with Crippen LogP contribution in [-0.4, -0.2) is 11.2 Å². The van der Waals surface area contributed by atoms with E-state index >= 15 is 0 Å². The van der Waals surface area contributed by atoms with E-state index in [9.17, 15) is 13.2 Å². The maximum atomic E-state index is 13.2. The molecular formula is C26H20F3N2+. The number of halogens is 3. The number of benzene rings is 3. The number of H-pyrrole nitrogens is 1. The average Bonchev–Trinajstić information content (AvgIpc) is 3.35. The van der Waals surface area contributed by atoms with Gasteiger partial charge in [-0.1, -0.05) is 42.5 Å². The molecule has 0 unspecified atom stereocenters. The minimum absolute atomic E-state index is 0.653. The fourth-order valence-corrected chi connectivity index (χ4v) is 4.31. The number of fused-ring (bicyclic) bond motifs is 2. The molecule has 154 valence electrons. The molecule has 1 aliphatic rings. The summed E-state index contributed by atoms with van der Waals surface area (Å²) in [5, 5.41) is 1.04. The van der Waals surface area contributed by atoms with E-state index in [-0.39, 0.29) is 0 Å². The van der Waals surface area contributed by atoms with Crippen LogP contribution in [0.4, 0.5) is 18.9 Å². The number of alkyl halides is 3. The third kappa shape index (κ3) is 3.17. The van der Waals surface area contributed by atoms with Crippen LogP contribution in [0.1, 0.15) is 33.4 Å². The van der Waals surface area contributed by atoms with Crippen LogP contribution >= 0.6 is 0 Å². The summed E-state index contributed by atoms with van der Waals surface area (Å²) in [6.07, 6.45) is -0.479. The molecule has 3 aromatic carbocycles. The van der Waals surface area contributed by atoms with E-state index in [1.165, 1.54) is 0 Å². The topological polar surface area (TPSA) is 29.8 Å². The van der Waals surface area contributed by atoms with Crippen molar-refractivity contribution in [3.8, 4) is 0 Å². The Morgan fingerprint density at radius 1 is 0.871 bits per heavy atom. The molecule has 0 saturated carbocycles. The monoisotopic (exact) mass is 417 g/mol. The molecule has 0 radical (unpaired) electrons. The largest absolute Gasteiger partial charge is 0.416 e. The number of hydrogen-bond acceptors (Lipinski definition) is 0. The highest BCUT2D eigenvalue weighted by molar-refractivity contribution is 6.25. The maximum absolute atomic E-state index is 13.2. The molecule has 4 aromatic rings. The summed E-state index contributed by atoms with van der Waals surface area (Å²) in [5.74, 6) is 0. The molecule has 2 nitrogen and oxygen atoms in total. The van der Waals surface area contributed by atoms with Gasteiger partial charge in [-0.3, -0.25) is 0 Å². The molecule has 0 fully saturated rings. The smallest absolute Gasteiger partial charge is 0.360 e. The number of hydrogen-bond donors (Lipinski definition) is 2. The first kappa shape index (κ1) is 19.4. The van der Waals surface area contributed by atoms with Gasteiger partial charge < -0.3 is 4.98 Å². The molecule has 1 aliphatic heterocycles. The van der Waals surface area contributed by atoms with Crippen molar-refractivity contribution in [1.29, 1.82) is 0 Å². The lowest BCUT2D eigenvalue weighted by molar-refractivity contribution is -0.343. The first-order chi connectivity index (χ1) is 14.8. The van der Waals surface area contributed by atoms with Gasteiger partial charge in [-0.25, -0.2) is 4.99 Å². The molecule has 0 saturated heterocycles. The lowest BCUT2D eigenvalue weighted by Crippen LogP contribution is -2.59. The highest BCUT2D eigenvalue weighted by atomic mass is 19.4. The molecule has 1 aromatic heterocycles. The van der Waals surface area contributed by atoms with Crippen LogP contribution in [0.15, 0.2) is 66.9 Å². The second-order valence-electron chi connectivity index (χ2n) is 7.85. The Hall–Kier alpha value is -3.60. The van der Waals surface area contributed by atoms with Gasteiger partial charge in [0.1, 0.15) is 0 Å². The summed E-state index contributed by atoms with van der Waals surface area (Å²) in [4.78, 5) is 6.71. The van der Waals surface area contributed by atoms with Crippen molar-refractivity contribution in [3.05, 3.63) is 100 Å². The molecular weight excluding hydrogens is 397 g/mol. The zero-order chi connectivity index (χ0) is 21.8. The van der Waals surface area contributed by atoms with E-state index in [1.54, 1.807) is 12.1 Å². The molecule has 0 aliphatic carbocycles. The van der Waals surface area contributed by atoms with E-state index in [2.05, 4.69) is 9.98 Å². The SMILES string of the molecule is Cc1cccc2c1[NH+]=CC2=C(c1ccc(C(F)(F)F)cc1)c1c[nH]c2c(C)cccc12. The van der Waals surface area contributed by atoms with Gasteiger partial charge in [0.15, 0.2) is 6.21 Å². The van der Waals surface area contributed by atoms with Crippen LogP contribution < -0.4 is 4.99 Å². The Morgan fingerprint density at radius 3 is 2.32 bits per heavy atom. The molecule has 0 spiro atoms. The number of para-hydroxylation sites is 2. The molecule has 5 heteroatoms. The Kier molecular flexibility index (Phi) is 4.36. The van der Waals surface area contributed by atoms with Crippen molar-refractivity contribution in [2.45, 2.75) is 20.0 Å². The van der Waals surface area contributed by atoms with E-state index in [0.717, 1.165) is 67.7 Å². The van der Waals surface area contributed by atoms with E-state index in [1.807, 2.05) is 62.7 Å². The Morgan fingerprint density at radius 2 is 1.58 bits per heavy atom. The predicted molar refractivity (Wildman–Crippen MR) is 118 cm³/mol. The fourth-order valence-electron chi connectivity index (χ4n) is 4.31. The molecule has 2 N–H and O–H groups in total. The standard InChI is InChI=1S/C26H19F3N2/c1-15-5-3-7-19-21(13-30-24(15)19)23(17-9-11-18(12-10-17)26(27,28)29)22-14-31-25-16(2)6-4-8-20(22)25/h3-14,30H,1-2H3/p+1. The number of aromatic amines is 1. The molecule has 31 heavy (non-hydrogen) atoms. The molecule has 5 rings (SSSR count). The van der Waals surface area contributed by atoms with Crippen LogP contribution in [0.5, 0.6) is 0 Å². The van der Waals surface area contributed by atoms with Gasteiger partial charge in [-0.15, -0.1) is 0 Å². The van der Waals surface area contributed by atoms with Gasteiger partial charge in [0, 0.05) is 33.8 Å². The average molecular weight is 417 g/mol. The van der Waals surface area contributed by atoms with Gasteiger partial charge in [0.05, 0.1) is 16.7 Å². The summed E-state index contributed by atoms with van der Waals surface area (Å²) in [7, 11) is 0. The van der Waals surface area contributed by atoms with E-state index < -0.39 is 11.7 Å². The van der Waals surface area contributed by atoms with Crippen LogP contribution in [0, 0.1) is 13.8 Å². The number of allylic oxidation sites excluding steroid dienone is 1. The van der Waals surface area contributed by atoms with Gasteiger partial charge in [-0.2, -0.15) is 13.2 Å². The van der Waals surface area contributed by atoms with Crippen molar-refractivity contribution < 1.29 is 18.2 Å². The van der Waals surface area contributed by atoms with E-state index in [0.29, 0.717) is 0 Å². The third-order valence-corrected chi connectivity index (χ3v) is 5.89. The van der Waals surface area contributed by atoms with Gasteiger partial charge in [0.25, 0.3) is 0 Å². The van der Waals surface area contributed by atoms with Crippen molar-refractivity contribution in [2.24, 2.45) is 0 Å². The molecule has 0 amide bonds. The normalized spacial score (nSPS) is 14.9. The summed E-state index contributed by atoms with van der Waals surface area (Å²) in [6.45, 7) is 4.07. The van der Waals surface area contributed by atoms with E-state index in [4.69, 9.17) is 0 Å².